The quantitative estimate of drug-likeness (QED) is 0.306. The summed E-state index contributed by atoms with van der Waals surface area (Å²) < 4.78 is 5.46. The van der Waals surface area contributed by atoms with Crippen LogP contribution in [-0.2, 0) is 4.74 Å². The van der Waals surface area contributed by atoms with E-state index in [9.17, 15) is 9.59 Å². The molecule has 2 aromatic carbocycles. The first kappa shape index (κ1) is 26.7. The second-order valence-corrected chi connectivity index (χ2v) is 9.50. The normalized spacial score (nSPS) is 13.1. The van der Waals surface area contributed by atoms with Crippen LogP contribution in [0.15, 0.2) is 73.1 Å². The van der Waals surface area contributed by atoms with Crippen molar-refractivity contribution in [1.29, 1.82) is 0 Å². The third kappa shape index (κ3) is 6.75. The third-order valence-corrected chi connectivity index (χ3v) is 6.18. The monoisotopic (exact) mass is 538 g/mol. The maximum absolute atomic E-state index is 12.6. The van der Waals surface area contributed by atoms with Crippen molar-refractivity contribution >= 4 is 34.9 Å². The fourth-order valence-electron chi connectivity index (χ4n) is 4.01. The molecule has 4 aromatic rings. The second-order valence-electron chi connectivity index (χ2n) is 9.50. The molecular weight excluding hydrogens is 508 g/mol. The number of nitrogens with zero attached hydrogens (tertiary/aromatic N) is 5. The Morgan fingerprint density at radius 3 is 2.12 bits per heavy atom. The van der Waals surface area contributed by atoms with Crippen LogP contribution in [0, 0.1) is 0 Å². The number of benzene rings is 2. The Labute approximate surface area is 232 Å². The molecule has 204 valence electrons. The lowest BCUT2D eigenvalue weighted by molar-refractivity contribution is 0.102. The highest BCUT2D eigenvalue weighted by atomic mass is 16.5. The van der Waals surface area contributed by atoms with Crippen LogP contribution in [0.1, 0.15) is 35.9 Å². The molecule has 3 heterocycles. The SMILES string of the molecule is CC(C)c1nc(-c2ccc(NC(=O)Nc3ccc(C(=O)Nc4cccnc4)cc3)cc2)nc(N2CCOCC2)n1. The summed E-state index contributed by atoms with van der Waals surface area (Å²) >= 11 is 0. The average Bonchev–Trinajstić information content (AvgIpc) is 2.98. The molecule has 0 bridgehead atoms. The van der Waals surface area contributed by atoms with Crippen LogP contribution in [0.3, 0.4) is 0 Å². The summed E-state index contributed by atoms with van der Waals surface area (Å²) in [6.07, 6.45) is 3.20. The van der Waals surface area contributed by atoms with E-state index in [0.29, 0.717) is 47.6 Å². The Morgan fingerprint density at radius 2 is 1.50 bits per heavy atom. The summed E-state index contributed by atoms with van der Waals surface area (Å²) in [4.78, 5) is 45.1. The van der Waals surface area contributed by atoms with E-state index < -0.39 is 6.03 Å². The topological polar surface area (TPSA) is 134 Å². The minimum absolute atomic E-state index is 0.149. The second kappa shape index (κ2) is 12.3. The summed E-state index contributed by atoms with van der Waals surface area (Å²) in [7, 11) is 0. The Morgan fingerprint density at radius 1 is 0.825 bits per heavy atom. The Kier molecular flexibility index (Phi) is 8.21. The highest BCUT2D eigenvalue weighted by molar-refractivity contribution is 6.05. The van der Waals surface area contributed by atoms with Crippen molar-refractivity contribution < 1.29 is 14.3 Å². The maximum Gasteiger partial charge on any atom is 0.323 e. The molecule has 1 aliphatic rings. The zero-order valence-electron chi connectivity index (χ0n) is 22.3. The molecule has 0 spiro atoms. The first-order valence-corrected chi connectivity index (χ1v) is 13.0. The minimum Gasteiger partial charge on any atom is -0.378 e. The van der Waals surface area contributed by atoms with Crippen molar-refractivity contribution in [3.8, 4) is 11.4 Å². The van der Waals surface area contributed by atoms with E-state index in [1.165, 1.54) is 0 Å². The van der Waals surface area contributed by atoms with Crippen molar-refractivity contribution in [3.63, 3.8) is 0 Å². The van der Waals surface area contributed by atoms with Crippen LogP contribution in [0.5, 0.6) is 0 Å². The van der Waals surface area contributed by atoms with Gasteiger partial charge < -0.3 is 25.6 Å². The van der Waals surface area contributed by atoms with Crippen LogP contribution >= 0.6 is 0 Å². The minimum atomic E-state index is -0.405. The van der Waals surface area contributed by atoms with E-state index in [2.05, 4.69) is 49.6 Å². The van der Waals surface area contributed by atoms with Gasteiger partial charge in [-0.1, -0.05) is 13.8 Å². The van der Waals surface area contributed by atoms with Crippen molar-refractivity contribution in [2.24, 2.45) is 0 Å². The van der Waals surface area contributed by atoms with Gasteiger partial charge >= 0.3 is 6.03 Å². The predicted octanol–water partition coefficient (Wildman–Crippen LogP) is 4.79. The summed E-state index contributed by atoms with van der Waals surface area (Å²) in [5, 5.41) is 8.37. The molecule has 3 N–H and O–H groups in total. The lowest BCUT2D eigenvalue weighted by Gasteiger charge is -2.27. The molecule has 2 aromatic heterocycles. The van der Waals surface area contributed by atoms with E-state index in [0.717, 1.165) is 24.5 Å². The molecule has 0 saturated carbocycles. The van der Waals surface area contributed by atoms with Crippen molar-refractivity contribution in [2.45, 2.75) is 19.8 Å². The molecule has 40 heavy (non-hydrogen) atoms. The van der Waals surface area contributed by atoms with Gasteiger partial charge in [-0.15, -0.1) is 0 Å². The number of rotatable bonds is 7. The van der Waals surface area contributed by atoms with Gasteiger partial charge in [0.2, 0.25) is 5.95 Å². The highest BCUT2D eigenvalue weighted by Crippen LogP contribution is 2.23. The standard InChI is InChI=1S/C29H30N8O3/c1-19(2)25-34-26(36-28(35-25)37-14-16-40-17-15-37)20-5-9-22(10-6-20)32-29(39)33-23-11-7-21(8-12-23)27(38)31-24-4-3-13-30-18-24/h3-13,18-19H,14-17H2,1-2H3,(H,31,38)(H2,32,33,39). The van der Waals surface area contributed by atoms with Crippen molar-refractivity contribution in [2.75, 3.05) is 47.2 Å². The van der Waals surface area contributed by atoms with E-state index in [1.807, 2.05) is 12.1 Å². The van der Waals surface area contributed by atoms with Gasteiger partial charge in [-0.2, -0.15) is 9.97 Å². The number of hydrogen-bond donors (Lipinski definition) is 3. The summed E-state index contributed by atoms with van der Waals surface area (Å²) in [5.74, 6) is 1.85. The number of urea groups is 1. The van der Waals surface area contributed by atoms with E-state index >= 15 is 0 Å². The number of amides is 3. The van der Waals surface area contributed by atoms with Gasteiger partial charge in [0.25, 0.3) is 5.91 Å². The Hall–Kier alpha value is -4.90. The van der Waals surface area contributed by atoms with Gasteiger partial charge in [0.1, 0.15) is 5.82 Å². The number of pyridine rings is 1. The van der Waals surface area contributed by atoms with Gasteiger partial charge in [-0.05, 0) is 60.7 Å². The number of hydrogen-bond acceptors (Lipinski definition) is 8. The highest BCUT2D eigenvalue weighted by Gasteiger charge is 2.18. The number of carbonyl (C=O) groups excluding carboxylic acids is 2. The molecule has 5 rings (SSSR count). The van der Waals surface area contributed by atoms with Crippen molar-refractivity contribution in [1.82, 2.24) is 19.9 Å². The number of anilines is 4. The molecule has 11 heteroatoms. The van der Waals surface area contributed by atoms with Crippen LogP contribution < -0.4 is 20.9 Å². The van der Waals surface area contributed by atoms with Gasteiger partial charge in [-0.25, -0.2) is 9.78 Å². The lowest BCUT2D eigenvalue weighted by Crippen LogP contribution is -2.37. The van der Waals surface area contributed by atoms with Crippen LogP contribution in [0.2, 0.25) is 0 Å². The molecule has 11 nitrogen and oxygen atoms in total. The van der Waals surface area contributed by atoms with Crippen LogP contribution in [-0.4, -0.2) is 58.2 Å². The fourth-order valence-corrected chi connectivity index (χ4v) is 4.01. The average molecular weight is 539 g/mol. The molecule has 1 saturated heterocycles. The van der Waals surface area contributed by atoms with Gasteiger partial charge in [0.15, 0.2) is 5.82 Å². The van der Waals surface area contributed by atoms with Gasteiger partial charge in [0.05, 0.1) is 25.1 Å². The summed E-state index contributed by atoms with van der Waals surface area (Å²) in [6.45, 7) is 6.87. The smallest absolute Gasteiger partial charge is 0.323 e. The fraction of sp³-hybridized carbons (Fsp3) is 0.241. The molecule has 0 unspecified atom stereocenters. The van der Waals surface area contributed by atoms with Gasteiger partial charge in [0, 0.05) is 47.7 Å². The molecule has 0 aliphatic carbocycles. The Bertz CT molecular complexity index is 1460. The largest absolute Gasteiger partial charge is 0.378 e. The molecule has 0 atom stereocenters. The zero-order chi connectivity index (χ0) is 27.9. The molecule has 3 amide bonds. The zero-order valence-corrected chi connectivity index (χ0v) is 22.3. The van der Waals surface area contributed by atoms with Crippen LogP contribution in [0.25, 0.3) is 11.4 Å². The summed E-state index contributed by atoms with van der Waals surface area (Å²) in [6, 6.07) is 17.0. The number of nitrogens with one attached hydrogen (secondary N) is 3. The van der Waals surface area contributed by atoms with Gasteiger partial charge in [-0.3, -0.25) is 9.78 Å². The predicted molar refractivity (Wildman–Crippen MR) is 154 cm³/mol. The Balaban J connectivity index is 1.21. The number of aromatic nitrogens is 4. The van der Waals surface area contributed by atoms with Crippen LogP contribution in [0.4, 0.5) is 27.8 Å². The van der Waals surface area contributed by atoms with E-state index in [-0.39, 0.29) is 11.8 Å². The summed E-state index contributed by atoms with van der Waals surface area (Å²) in [5.41, 5.74) is 3.05. The first-order valence-electron chi connectivity index (χ1n) is 13.0. The molecule has 1 aliphatic heterocycles. The molecule has 0 radical (unpaired) electrons. The van der Waals surface area contributed by atoms with E-state index in [4.69, 9.17) is 9.72 Å². The molecular formula is C29H30N8O3. The lowest BCUT2D eigenvalue weighted by atomic mass is 10.1. The molecule has 1 fully saturated rings. The number of carbonyl (C=O) groups is 2. The number of ether oxygens (including phenoxy) is 1. The maximum atomic E-state index is 12.6. The first-order chi connectivity index (χ1) is 19.4. The number of morpholine rings is 1. The third-order valence-electron chi connectivity index (χ3n) is 6.18. The van der Waals surface area contributed by atoms with Crippen molar-refractivity contribution in [3.05, 3.63) is 84.4 Å². The van der Waals surface area contributed by atoms with E-state index in [1.54, 1.807) is 60.9 Å².